The van der Waals surface area contributed by atoms with Crippen molar-refractivity contribution in [3.63, 3.8) is 0 Å². The number of hydrogen-bond donors (Lipinski definition) is 2. The Kier molecular flexibility index (Phi) is 5.84. The van der Waals surface area contributed by atoms with Crippen LogP contribution in [0.5, 0.6) is 0 Å². The molecule has 1 unspecified atom stereocenters. The van der Waals surface area contributed by atoms with Gasteiger partial charge in [0.05, 0.1) is 18.3 Å². The molecule has 5 heteroatoms. The van der Waals surface area contributed by atoms with Crippen molar-refractivity contribution in [2.24, 2.45) is 0 Å². The van der Waals surface area contributed by atoms with Crippen LogP contribution < -0.4 is 10.6 Å². The Labute approximate surface area is 158 Å². The van der Waals surface area contributed by atoms with Crippen LogP contribution in [0.1, 0.15) is 40.4 Å². The number of carbonyl (C=O) groups is 2. The van der Waals surface area contributed by atoms with Crippen molar-refractivity contribution in [1.29, 1.82) is 0 Å². The molecule has 2 N–H and O–H groups in total. The summed E-state index contributed by atoms with van der Waals surface area (Å²) in [7, 11) is 0. The molecule has 3 aromatic rings. The fraction of sp³-hybridized carbons (Fsp3) is 0.182. The maximum Gasteiger partial charge on any atom is 0.238 e. The number of anilines is 1. The summed E-state index contributed by atoms with van der Waals surface area (Å²) in [6.45, 7) is 3.91. The highest BCUT2D eigenvalue weighted by Gasteiger charge is 2.16. The van der Waals surface area contributed by atoms with Crippen LogP contribution in [0.15, 0.2) is 71.1 Å². The van der Waals surface area contributed by atoms with Crippen molar-refractivity contribution in [3.05, 3.63) is 89.4 Å². The molecule has 0 spiro atoms. The summed E-state index contributed by atoms with van der Waals surface area (Å²) in [4.78, 5) is 25.1. The normalized spacial score (nSPS) is 11.8. The van der Waals surface area contributed by atoms with Gasteiger partial charge in [-0.3, -0.25) is 14.9 Å². The number of aryl methyl sites for hydroxylation is 1. The molecule has 0 bridgehead atoms. The van der Waals surface area contributed by atoms with E-state index in [-0.39, 0.29) is 24.3 Å². The number of hydrogen-bond acceptors (Lipinski definition) is 4. The van der Waals surface area contributed by atoms with Gasteiger partial charge in [0.2, 0.25) is 5.91 Å². The molecule has 1 heterocycles. The van der Waals surface area contributed by atoms with Crippen LogP contribution in [0.4, 0.5) is 5.69 Å². The molecule has 2 aromatic carbocycles. The first-order valence-corrected chi connectivity index (χ1v) is 8.83. The number of benzene rings is 2. The first-order valence-electron chi connectivity index (χ1n) is 8.83. The molecule has 138 valence electrons. The third-order valence-electron chi connectivity index (χ3n) is 4.24. The Morgan fingerprint density at radius 1 is 0.963 bits per heavy atom. The molecule has 3 rings (SSSR count). The number of ketones is 1. The van der Waals surface area contributed by atoms with E-state index in [1.165, 1.54) is 0 Å². The van der Waals surface area contributed by atoms with E-state index in [0.717, 1.165) is 11.5 Å². The fourth-order valence-electron chi connectivity index (χ4n) is 2.76. The predicted molar refractivity (Wildman–Crippen MR) is 105 cm³/mol. The number of carbonyl (C=O) groups excluding carboxylic acids is 2. The van der Waals surface area contributed by atoms with Gasteiger partial charge < -0.3 is 9.73 Å². The summed E-state index contributed by atoms with van der Waals surface area (Å²) >= 11 is 0. The highest BCUT2D eigenvalue weighted by molar-refractivity contribution is 6.13. The number of para-hydroxylation sites is 1. The largest absolute Gasteiger partial charge is 0.465 e. The summed E-state index contributed by atoms with van der Waals surface area (Å²) in [5, 5.41) is 5.94. The van der Waals surface area contributed by atoms with Crippen LogP contribution in [0.3, 0.4) is 0 Å². The molecule has 27 heavy (non-hydrogen) atoms. The molecule has 1 amide bonds. The zero-order chi connectivity index (χ0) is 19.2. The van der Waals surface area contributed by atoms with Gasteiger partial charge in [0.1, 0.15) is 11.5 Å². The highest BCUT2D eigenvalue weighted by Crippen LogP contribution is 2.19. The predicted octanol–water partition coefficient (Wildman–Crippen LogP) is 4.11. The molecule has 0 aliphatic carbocycles. The Morgan fingerprint density at radius 2 is 1.67 bits per heavy atom. The van der Waals surface area contributed by atoms with Crippen molar-refractivity contribution in [2.75, 3.05) is 11.9 Å². The summed E-state index contributed by atoms with van der Waals surface area (Å²) in [5.74, 6) is 1.26. The van der Waals surface area contributed by atoms with Crippen LogP contribution in [0, 0.1) is 6.92 Å². The molecule has 0 aliphatic rings. The lowest BCUT2D eigenvalue weighted by Crippen LogP contribution is -2.30. The zero-order valence-corrected chi connectivity index (χ0v) is 15.4. The molecule has 0 fully saturated rings. The summed E-state index contributed by atoms with van der Waals surface area (Å²) in [6, 6.07) is 19.7. The maximum absolute atomic E-state index is 12.7. The van der Waals surface area contributed by atoms with E-state index in [4.69, 9.17) is 4.42 Å². The highest BCUT2D eigenvalue weighted by atomic mass is 16.3. The number of rotatable bonds is 7. The van der Waals surface area contributed by atoms with E-state index in [0.29, 0.717) is 16.8 Å². The second-order valence-corrected chi connectivity index (χ2v) is 6.34. The number of furan rings is 1. The standard InChI is InChI=1S/C22H22N2O3/c1-15-12-13-20(27-15)16(2)23-14-21(25)24-19-11-7-6-10-18(19)22(26)17-8-4-3-5-9-17/h3-13,16,23H,14H2,1-2H3,(H,24,25). The fourth-order valence-corrected chi connectivity index (χ4v) is 2.76. The third-order valence-corrected chi connectivity index (χ3v) is 4.24. The van der Waals surface area contributed by atoms with E-state index < -0.39 is 0 Å². The molecule has 5 nitrogen and oxygen atoms in total. The van der Waals surface area contributed by atoms with Gasteiger partial charge in [0, 0.05) is 11.1 Å². The Balaban J connectivity index is 1.65. The van der Waals surface area contributed by atoms with Crippen molar-refractivity contribution in [2.45, 2.75) is 19.9 Å². The molecule has 0 aliphatic heterocycles. The van der Waals surface area contributed by atoms with Gasteiger partial charge in [-0.15, -0.1) is 0 Å². The van der Waals surface area contributed by atoms with Crippen molar-refractivity contribution in [1.82, 2.24) is 5.32 Å². The van der Waals surface area contributed by atoms with E-state index in [1.807, 2.05) is 44.2 Å². The average molecular weight is 362 g/mol. The first kappa shape index (κ1) is 18.6. The van der Waals surface area contributed by atoms with Gasteiger partial charge in [0.25, 0.3) is 0 Å². The molecule has 1 aromatic heterocycles. The minimum absolute atomic E-state index is 0.0920. The molecule has 0 saturated carbocycles. The van der Waals surface area contributed by atoms with Crippen molar-refractivity contribution < 1.29 is 14.0 Å². The lowest BCUT2D eigenvalue weighted by atomic mass is 10.0. The van der Waals surface area contributed by atoms with E-state index in [9.17, 15) is 9.59 Å². The summed E-state index contributed by atoms with van der Waals surface area (Å²) in [5.41, 5.74) is 1.55. The Morgan fingerprint density at radius 3 is 2.37 bits per heavy atom. The van der Waals surface area contributed by atoms with Gasteiger partial charge in [-0.25, -0.2) is 0 Å². The maximum atomic E-state index is 12.7. The second kappa shape index (κ2) is 8.47. The van der Waals surface area contributed by atoms with Gasteiger partial charge in [-0.1, -0.05) is 42.5 Å². The molecule has 0 radical (unpaired) electrons. The van der Waals surface area contributed by atoms with Gasteiger partial charge in [-0.2, -0.15) is 0 Å². The van der Waals surface area contributed by atoms with Crippen LogP contribution in [-0.2, 0) is 4.79 Å². The van der Waals surface area contributed by atoms with Crippen LogP contribution in [0.25, 0.3) is 0 Å². The second-order valence-electron chi connectivity index (χ2n) is 6.34. The SMILES string of the molecule is Cc1ccc(C(C)NCC(=O)Nc2ccccc2C(=O)c2ccccc2)o1. The quantitative estimate of drug-likeness (QED) is 0.621. The molecular formula is C22H22N2O3. The lowest BCUT2D eigenvalue weighted by Gasteiger charge is -2.13. The van der Waals surface area contributed by atoms with Crippen LogP contribution >= 0.6 is 0 Å². The summed E-state index contributed by atoms with van der Waals surface area (Å²) in [6.07, 6.45) is 0. The minimum Gasteiger partial charge on any atom is -0.465 e. The topological polar surface area (TPSA) is 71.3 Å². The zero-order valence-electron chi connectivity index (χ0n) is 15.4. The van der Waals surface area contributed by atoms with Crippen LogP contribution in [0.2, 0.25) is 0 Å². The van der Waals surface area contributed by atoms with E-state index in [1.54, 1.807) is 36.4 Å². The molecule has 0 saturated heterocycles. The van der Waals surface area contributed by atoms with E-state index >= 15 is 0 Å². The number of amides is 1. The Bertz CT molecular complexity index is 931. The lowest BCUT2D eigenvalue weighted by molar-refractivity contribution is -0.115. The van der Waals surface area contributed by atoms with Crippen molar-refractivity contribution >= 4 is 17.4 Å². The van der Waals surface area contributed by atoms with E-state index in [2.05, 4.69) is 10.6 Å². The van der Waals surface area contributed by atoms with Gasteiger partial charge in [0.15, 0.2) is 5.78 Å². The number of nitrogens with one attached hydrogen (secondary N) is 2. The minimum atomic E-state index is -0.224. The Hall–Kier alpha value is -3.18. The molecule has 1 atom stereocenters. The van der Waals surface area contributed by atoms with Gasteiger partial charge in [-0.05, 0) is 38.1 Å². The monoisotopic (exact) mass is 362 g/mol. The average Bonchev–Trinajstić information content (AvgIpc) is 3.13. The smallest absolute Gasteiger partial charge is 0.238 e. The third kappa shape index (κ3) is 4.71. The summed E-state index contributed by atoms with van der Waals surface area (Å²) < 4.78 is 5.56. The van der Waals surface area contributed by atoms with Gasteiger partial charge >= 0.3 is 0 Å². The molecular weight excluding hydrogens is 340 g/mol. The first-order chi connectivity index (χ1) is 13.0. The van der Waals surface area contributed by atoms with Crippen LogP contribution in [-0.4, -0.2) is 18.2 Å². The van der Waals surface area contributed by atoms with Crippen molar-refractivity contribution in [3.8, 4) is 0 Å².